The maximum absolute atomic E-state index is 13.0. The van der Waals surface area contributed by atoms with E-state index in [4.69, 9.17) is 10.5 Å². The van der Waals surface area contributed by atoms with Gasteiger partial charge < -0.3 is 10.5 Å². The van der Waals surface area contributed by atoms with E-state index in [1.807, 2.05) is 6.08 Å². The third-order valence-corrected chi connectivity index (χ3v) is 2.82. The number of nitrogens with two attached hydrogens (primary N) is 1. The lowest BCUT2D eigenvalue weighted by Gasteiger charge is -2.19. The lowest BCUT2D eigenvalue weighted by molar-refractivity contribution is -0.0982. The van der Waals surface area contributed by atoms with Crippen LogP contribution >= 0.6 is 0 Å². The Labute approximate surface area is 103 Å². The maximum atomic E-state index is 13.0. The Balaban J connectivity index is 3.96. The molecule has 0 saturated heterocycles. The van der Waals surface area contributed by atoms with E-state index in [9.17, 15) is 8.78 Å². The molecule has 0 aliphatic rings. The first-order valence-corrected chi connectivity index (χ1v) is 6.31. The number of hydrogen-bond donors (Lipinski definition) is 1. The van der Waals surface area contributed by atoms with Crippen molar-refractivity contribution in [3.8, 4) is 0 Å². The van der Waals surface area contributed by atoms with E-state index in [0.29, 0.717) is 12.3 Å². The van der Waals surface area contributed by atoms with Gasteiger partial charge in [0.15, 0.2) is 0 Å². The van der Waals surface area contributed by atoms with Crippen LogP contribution in [0, 0.1) is 5.92 Å². The molecule has 0 saturated carbocycles. The van der Waals surface area contributed by atoms with Crippen LogP contribution in [0.5, 0.6) is 0 Å². The molecule has 0 heterocycles. The molecular weight excluding hydrogens is 224 g/mol. The largest absolute Gasteiger partial charge is 0.370 e. The summed E-state index contributed by atoms with van der Waals surface area (Å²) in [6, 6.07) is 0. The van der Waals surface area contributed by atoms with Gasteiger partial charge in [0.1, 0.15) is 6.61 Å². The fourth-order valence-electron chi connectivity index (χ4n) is 1.17. The summed E-state index contributed by atoms with van der Waals surface area (Å²) in [4.78, 5) is 0. The van der Waals surface area contributed by atoms with Crippen LogP contribution in [0.25, 0.3) is 0 Å². The summed E-state index contributed by atoms with van der Waals surface area (Å²) in [6.45, 7) is 5.39. The fourth-order valence-corrected chi connectivity index (χ4v) is 1.17. The Morgan fingerprint density at radius 3 is 2.47 bits per heavy atom. The highest BCUT2D eigenvalue weighted by Gasteiger charge is 2.27. The van der Waals surface area contributed by atoms with Crippen molar-refractivity contribution in [1.82, 2.24) is 0 Å². The molecule has 0 aliphatic heterocycles. The van der Waals surface area contributed by atoms with E-state index in [1.165, 1.54) is 6.92 Å². The number of rotatable bonds is 9. The van der Waals surface area contributed by atoms with E-state index in [-0.39, 0.29) is 19.1 Å². The zero-order chi connectivity index (χ0) is 13.3. The summed E-state index contributed by atoms with van der Waals surface area (Å²) >= 11 is 0. The molecule has 0 radical (unpaired) electrons. The van der Waals surface area contributed by atoms with Gasteiger partial charge in [-0.1, -0.05) is 39.3 Å². The number of hydrogen-bond acceptors (Lipinski definition) is 2. The first kappa shape index (κ1) is 16.5. The van der Waals surface area contributed by atoms with Crippen molar-refractivity contribution in [1.29, 1.82) is 0 Å². The van der Waals surface area contributed by atoms with Crippen LogP contribution in [0.3, 0.4) is 0 Å². The maximum Gasteiger partial charge on any atom is 0.270 e. The van der Waals surface area contributed by atoms with Gasteiger partial charge in [-0.05, 0) is 12.3 Å². The van der Waals surface area contributed by atoms with Crippen LogP contribution in [-0.4, -0.2) is 25.2 Å². The summed E-state index contributed by atoms with van der Waals surface area (Å²) in [5, 5.41) is 0. The molecule has 0 fully saturated rings. The number of ether oxygens (including phenoxy) is 1. The Morgan fingerprint density at radius 2 is 2.00 bits per heavy atom. The van der Waals surface area contributed by atoms with Crippen molar-refractivity contribution in [3.05, 3.63) is 12.2 Å². The van der Waals surface area contributed by atoms with Gasteiger partial charge in [0, 0.05) is 13.0 Å². The Kier molecular flexibility index (Phi) is 8.35. The van der Waals surface area contributed by atoms with Crippen LogP contribution in [0.1, 0.15) is 40.0 Å². The summed E-state index contributed by atoms with van der Waals surface area (Å²) in [7, 11) is 0. The second-order valence-corrected chi connectivity index (χ2v) is 4.43. The van der Waals surface area contributed by atoms with Crippen LogP contribution in [-0.2, 0) is 4.74 Å². The molecular formula is C13H25F2NO. The first-order chi connectivity index (χ1) is 7.95. The molecule has 102 valence electrons. The number of halogens is 2. The van der Waals surface area contributed by atoms with Gasteiger partial charge in [0.05, 0.1) is 6.10 Å². The normalized spacial score (nSPS) is 16.4. The average molecular weight is 249 g/mol. The van der Waals surface area contributed by atoms with Crippen molar-refractivity contribution >= 4 is 0 Å². The molecule has 2 N–H and O–H groups in total. The molecule has 0 aromatic carbocycles. The van der Waals surface area contributed by atoms with E-state index < -0.39 is 12.5 Å². The van der Waals surface area contributed by atoms with Gasteiger partial charge in [0.25, 0.3) is 5.92 Å². The zero-order valence-electron chi connectivity index (χ0n) is 11.1. The SMILES string of the molecule is CCC(C)C=CCC(CN)OCC(F)(F)CC. The molecule has 0 spiro atoms. The highest BCUT2D eigenvalue weighted by molar-refractivity contribution is 4.88. The first-order valence-electron chi connectivity index (χ1n) is 6.31. The molecule has 4 heteroatoms. The molecule has 0 bridgehead atoms. The van der Waals surface area contributed by atoms with Crippen molar-refractivity contribution in [3.63, 3.8) is 0 Å². The lowest BCUT2D eigenvalue weighted by Crippen LogP contribution is -2.30. The predicted molar refractivity (Wildman–Crippen MR) is 67.2 cm³/mol. The van der Waals surface area contributed by atoms with Crippen molar-refractivity contribution in [2.75, 3.05) is 13.2 Å². The lowest BCUT2D eigenvalue weighted by atomic mass is 10.1. The quantitative estimate of drug-likeness (QED) is 0.636. The minimum absolute atomic E-state index is 0.201. The third kappa shape index (κ3) is 8.27. The summed E-state index contributed by atoms with van der Waals surface area (Å²) in [5.74, 6) is -2.24. The summed E-state index contributed by atoms with van der Waals surface area (Å²) in [6.07, 6.45) is 5.19. The summed E-state index contributed by atoms with van der Waals surface area (Å²) in [5.41, 5.74) is 5.49. The molecule has 0 aliphatic carbocycles. The molecule has 2 nitrogen and oxygen atoms in total. The Bertz CT molecular complexity index is 219. The topological polar surface area (TPSA) is 35.2 Å². The standard InChI is InChI=1S/C13H25F2NO/c1-4-11(3)7-6-8-12(9-16)17-10-13(14,15)5-2/h6-7,11-12H,4-5,8-10,16H2,1-3H3. The van der Waals surface area contributed by atoms with E-state index in [2.05, 4.69) is 19.9 Å². The third-order valence-electron chi connectivity index (χ3n) is 2.82. The van der Waals surface area contributed by atoms with Crippen molar-refractivity contribution in [2.45, 2.75) is 52.1 Å². The molecule has 2 unspecified atom stereocenters. The molecule has 0 amide bonds. The minimum atomic E-state index is -2.74. The molecule has 0 rings (SSSR count). The van der Waals surface area contributed by atoms with E-state index >= 15 is 0 Å². The van der Waals surface area contributed by atoms with Crippen LogP contribution in [0.15, 0.2) is 12.2 Å². The van der Waals surface area contributed by atoms with Gasteiger partial charge in [0.2, 0.25) is 0 Å². The van der Waals surface area contributed by atoms with Crippen LogP contribution in [0.2, 0.25) is 0 Å². The Morgan fingerprint density at radius 1 is 1.35 bits per heavy atom. The summed E-state index contributed by atoms with van der Waals surface area (Å²) < 4.78 is 31.1. The highest BCUT2D eigenvalue weighted by Crippen LogP contribution is 2.19. The van der Waals surface area contributed by atoms with Crippen LogP contribution < -0.4 is 5.73 Å². The van der Waals surface area contributed by atoms with Gasteiger partial charge in [-0.15, -0.1) is 0 Å². The zero-order valence-corrected chi connectivity index (χ0v) is 11.1. The molecule has 0 aromatic heterocycles. The van der Waals surface area contributed by atoms with Crippen molar-refractivity contribution < 1.29 is 13.5 Å². The van der Waals surface area contributed by atoms with Gasteiger partial charge in [-0.3, -0.25) is 0 Å². The molecule has 17 heavy (non-hydrogen) atoms. The molecule has 0 aromatic rings. The smallest absolute Gasteiger partial charge is 0.270 e. The predicted octanol–water partition coefficient (Wildman–Crippen LogP) is 3.37. The van der Waals surface area contributed by atoms with Gasteiger partial charge >= 0.3 is 0 Å². The van der Waals surface area contributed by atoms with Gasteiger partial charge in [-0.2, -0.15) is 0 Å². The monoisotopic (exact) mass is 249 g/mol. The van der Waals surface area contributed by atoms with Crippen LogP contribution in [0.4, 0.5) is 8.78 Å². The average Bonchev–Trinajstić information content (AvgIpc) is 2.33. The highest BCUT2D eigenvalue weighted by atomic mass is 19.3. The second-order valence-electron chi connectivity index (χ2n) is 4.43. The Hall–Kier alpha value is -0.480. The van der Waals surface area contributed by atoms with Crippen molar-refractivity contribution in [2.24, 2.45) is 11.7 Å². The number of allylic oxidation sites excluding steroid dienone is 1. The fraction of sp³-hybridized carbons (Fsp3) is 0.846. The van der Waals surface area contributed by atoms with E-state index in [1.54, 1.807) is 0 Å². The van der Waals surface area contributed by atoms with E-state index in [0.717, 1.165) is 6.42 Å². The second kappa shape index (κ2) is 8.59. The van der Waals surface area contributed by atoms with Gasteiger partial charge in [-0.25, -0.2) is 8.78 Å². The minimum Gasteiger partial charge on any atom is -0.370 e. The number of alkyl halides is 2. The molecule has 2 atom stereocenters.